The highest BCUT2D eigenvalue weighted by Crippen LogP contribution is 2.23. The molecule has 0 aromatic heterocycles. The molecule has 7 nitrogen and oxygen atoms in total. The predicted molar refractivity (Wildman–Crippen MR) is 95.2 cm³/mol. The molecule has 3 N–H and O–H groups in total. The summed E-state index contributed by atoms with van der Waals surface area (Å²) in [6.07, 6.45) is 0. The van der Waals surface area contributed by atoms with Gasteiger partial charge in [-0.05, 0) is 52.3 Å². The van der Waals surface area contributed by atoms with Crippen molar-refractivity contribution in [3.8, 4) is 5.75 Å². The van der Waals surface area contributed by atoms with Gasteiger partial charge in [0, 0.05) is 18.8 Å². The Morgan fingerprint density at radius 2 is 1.88 bits per heavy atom. The zero-order valence-electron chi connectivity index (χ0n) is 12.7. The average molecular weight is 395 g/mol. The first-order valence-electron chi connectivity index (χ1n) is 7.20. The minimum atomic E-state index is -0.217. The van der Waals surface area contributed by atoms with Crippen LogP contribution in [-0.2, 0) is 4.79 Å². The minimum Gasteiger partial charge on any atom is -0.733 e. The van der Waals surface area contributed by atoms with Crippen LogP contribution >= 0.6 is 15.9 Å². The molecule has 0 saturated carbocycles. The number of carbonyl (C=O) groups is 1. The molecular weight excluding hydrogens is 378 g/mol. The smallest absolute Gasteiger partial charge is 0.258 e. The fraction of sp³-hybridized carbons (Fsp3) is 0.188. The monoisotopic (exact) mass is 394 g/mol. The molecule has 8 heteroatoms. The number of ether oxygens (including phenoxy) is 1. The van der Waals surface area contributed by atoms with E-state index in [9.17, 15) is 10.0 Å². The lowest BCUT2D eigenvalue weighted by Crippen LogP contribution is -2.32. The van der Waals surface area contributed by atoms with Gasteiger partial charge >= 0.3 is 0 Å². The van der Waals surface area contributed by atoms with Crippen LogP contribution in [0.1, 0.15) is 0 Å². The lowest BCUT2D eigenvalue weighted by atomic mass is 10.3. The number of nitrogens with one attached hydrogen (secondary N) is 2. The van der Waals surface area contributed by atoms with Crippen LogP contribution in [-0.4, -0.2) is 30.8 Å². The van der Waals surface area contributed by atoms with Crippen molar-refractivity contribution < 1.29 is 14.7 Å². The molecule has 0 aliphatic carbocycles. The summed E-state index contributed by atoms with van der Waals surface area (Å²) in [4.78, 5) is 11.7. The maximum absolute atomic E-state index is 11.7. The fourth-order valence-electron chi connectivity index (χ4n) is 1.87. The van der Waals surface area contributed by atoms with Crippen LogP contribution in [0.3, 0.4) is 0 Å². The van der Waals surface area contributed by atoms with E-state index in [1.54, 1.807) is 18.2 Å². The van der Waals surface area contributed by atoms with Crippen LogP contribution in [0, 0.1) is 5.21 Å². The van der Waals surface area contributed by atoms with E-state index in [1.165, 1.54) is 12.1 Å². The van der Waals surface area contributed by atoms with Gasteiger partial charge in [0.15, 0.2) is 6.61 Å². The lowest BCUT2D eigenvalue weighted by molar-refractivity contribution is -0.123. The van der Waals surface area contributed by atoms with E-state index in [2.05, 4.69) is 26.6 Å². The van der Waals surface area contributed by atoms with Crippen molar-refractivity contribution >= 4 is 33.2 Å². The van der Waals surface area contributed by atoms with Crippen LogP contribution in [0.2, 0.25) is 0 Å². The molecule has 2 rings (SSSR count). The Hall–Kier alpha value is -2.29. The molecule has 0 unspecified atom stereocenters. The van der Waals surface area contributed by atoms with Gasteiger partial charge in [0.1, 0.15) is 5.75 Å². The molecule has 2 aromatic rings. The number of halogens is 1. The molecule has 0 radical (unpaired) electrons. The third kappa shape index (κ3) is 5.73. The fourth-order valence-corrected chi connectivity index (χ4v) is 2.27. The molecule has 0 bridgehead atoms. The molecule has 0 atom stereocenters. The van der Waals surface area contributed by atoms with Crippen LogP contribution in [0.4, 0.5) is 11.4 Å². The van der Waals surface area contributed by atoms with Gasteiger partial charge in [-0.25, -0.2) is 0 Å². The predicted octanol–water partition coefficient (Wildman–Crippen LogP) is 2.75. The van der Waals surface area contributed by atoms with Crippen molar-refractivity contribution in [3.63, 3.8) is 0 Å². The van der Waals surface area contributed by atoms with Crippen molar-refractivity contribution in [1.29, 1.82) is 0 Å². The number of nitrogens with zero attached hydrogens (tertiary/aromatic N) is 1. The van der Waals surface area contributed by atoms with Crippen LogP contribution in [0.25, 0.3) is 0 Å². The highest BCUT2D eigenvalue weighted by atomic mass is 79.9. The second kappa shape index (κ2) is 9.11. The Morgan fingerprint density at radius 3 is 2.54 bits per heavy atom. The van der Waals surface area contributed by atoms with Gasteiger partial charge in [0.2, 0.25) is 0 Å². The third-order valence-electron chi connectivity index (χ3n) is 3.06. The summed E-state index contributed by atoms with van der Waals surface area (Å²) < 4.78 is 6.21. The molecule has 2 aromatic carbocycles. The topological polar surface area (TPSA) is 96.9 Å². The summed E-state index contributed by atoms with van der Waals surface area (Å²) in [5.74, 6) is 0.396. The summed E-state index contributed by atoms with van der Waals surface area (Å²) in [6.45, 7) is 0.876. The van der Waals surface area contributed by atoms with Gasteiger partial charge in [0.05, 0.1) is 10.2 Å². The van der Waals surface area contributed by atoms with Gasteiger partial charge in [-0.3, -0.25) is 10.0 Å². The van der Waals surface area contributed by atoms with Crippen molar-refractivity contribution in [3.05, 3.63) is 58.2 Å². The molecular formula is C16H17BrN3O4-. The standard InChI is InChI=1S/C16H17BrN3O4/c17-14-3-1-2-4-15(14)24-11-16(21)19-10-9-18-12-5-7-13(8-6-12)20(22)23/h1-8,18,22H,9-11H2,(H,19,21)/q-1. The maximum atomic E-state index is 11.7. The quantitative estimate of drug-likeness (QED) is 0.470. The van der Waals surface area contributed by atoms with E-state index in [-0.39, 0.29) is 23.4 Å². The SMILES string of the molecule is O=C(COc1ccccc1Br)NCCNc1ccc(N([O-])O)cc1. The number of carbonyl (C=O) groups excluding carboxylic acids is 1. The summed E-state index contributed by atoms with van der Waals surface area (Å²) in [6, 6.07) is 13.6. The summed E-state index contributed by atoms with van der Waals surface area (Å²) in [5, 5.41) is 25.0. The molecule has 0 heterocycles. The Morgan fingerprint density at radius 1 is 1.17 bits per heavy atom. The van der Waals surface area contributed by atoms with E-state index >= 15 is 0 Å². The molecule has 1 amide bonds. The maximum Gasteiger partial charge on any atom is 0.258 e. The van der Waals surface area contributed by atoms with Gasteiger partial charge in [0.25, 0.3) is 5.91 Å². The first-order chi connectivity index (χ1) is 11.6. The number of amides is 1. The Bertz CT molecular complexity index is 665. The van der Waals surface area contributed by atoms with E-state index in [4.69, 9.17) is 9.94 Å². The Labute approximate surface area is 147 Å². The second-order valence-corrected chi connectivity index (χ2v) is 5.67. The molecule has 0 aliphatic heterocycles. The number of para-hydroxylation sites is 1. The van der Waals surface area contributed by atoms with Gasteiger partial charge < -0.3 is 25.8 Å². The van der Waals surface area contributed by atoms with Crippen LogP contribution in [0.5, 0.6) is 5.75 Å². The van der Waals surface area contributed by atoms with Crippen LogP contribution in [0.15, 0.2) is 53.0 Å². The first-order valence-corrected chi connectivity index (χ1v) is 7.99. The summed E-state index contributed by atoms with van der Waals surface area (Å²) >= 11 is 3.35. The molecule has 0 fully saturated rings. The zero-order valence-corrected chi connectivity index (χ0v) is 14.3. The summed E-state index contributed by atoms with van der Waals surface area (Å²) in [5.41, 5.74) is 0.928. The van der Waals surface area contributed by atoms with Crippen molar-refractivity contribution in [1.82, 2.24) is 5.32 Å². The number of hydrogen-bond donors (Lipinski definition) is 3. The third-order valence-corrected chi connectivity index (χ3v) is 3.72. The van der Waals surface area contributed by atoms with Gasteiger partial charge in [-0.2, -0.15) is 0 Å². The molecule has 24 heavy (non-hydrogen) atoms. The highest BCUT2D eigenvalue weighted by molar-refractivity contribution is 9.10. The summed E-state index contributed by atoms with van der Waals surface area (Å²) in [7, 11) is 0. The molecule has 0 aliphatic rings. The van der Waals surface area contributed by atoms with Crippen LogP contribution < -0.4 is 20.6 Å². The zero-order chi connectivity index (χ0) is 17.4. The van der Waals surface area contributed by atoms with E-state index < -0.39 is 0 Å². The van der Waals surface area contributed by atoms with E-state index in [0.29, 0.717) is 18.8 Å². The number of benzene rings is 2. The van der Waals surface area contributed by atoms with Gasteiger partial charge in [-0.1, -0.05) is 12.1 Å². The molecule has 128 valence electrons. The lowest BCUT2D eigenvalue weighted by Gasteiger charge is -2.21. The minimum absolute atomic E-state index is 0.0624. The van der Waals surface area contributed by atoms with Crippen molar-refractivity contribution in [2.45, 2.75) is 0 Å². The molecule has 0 spiro atoms. The normalized spacial score (nSPS) is 10.1. The van der Waals surface area contributed by atoms with E-state index in [1.807, 2.05) is 18.2 Å². The number of anilines is 2. The highest BCUT2D eigenvalue weighted by Gasteiger charge is 2.04. The van der Waals surface area contributed by atoms with E-state index in [0.717, 1.165) is 10.2 Å². The number of rotatable bonds is 8. The largest absolute Gasteiger partial charge is 0.733 e. The van der Waals surface area contributed by atoms with Crippen molar-refractivity contribution in [2.75, 3.05) is 30.2 Å². The first kappa shape index (κ1) is 18.1. The number of hydrogen-bond acceptors (Lipinski definition) is 6. The van der Waals surface area contributed by atoms with Gasteiger partial charge in [-0.15, -0.1) is 0 Å². The Kier molecular flexibility index (Phi) is 6.86. The van der Waals surface area contributed by atoms with Crippen molar-refractivity contribution in [2.24, 2.45) is 0 Å². The molecule has 0 saturated heterocycles. The Balaban J connectivity index is 1.65. The second-order valence-electron chi connectivity index (χ2n) is 4.82. The average Bonchev–Trinajstić information content (AvgIpc) is 2.58.